The lowest BCUT2D eigenvalue weighted by Crippen LogP contribution is -2.31. The molecule has 0 amide bonds. The van der Waals surface area contributed by atoms with Crippen molar-refractivity contribution in [1.29, 1.82) is 0 Å². The first-order chi connectivity index (χ1) is 6.65. The SMILES string of the molecule is Cc1cnnc(N(C)C(C)CCN)c1. The Kier molecular flexibility index (Phi) is 3.83. The molecule has 4 nitrogen and oxygen atoms in total. The number of aryl methyl sites for hydroxylation is 1. The van der Waals surface area contributed by atoms with E-state index in [0.717, 1.165) is 17.8 Å². The van der Waals surface area contributed by atoms with Crippen LogP contribution in [0.2, 0.25) is 0 Å². The molecule has 2 N–H and O–H groups in total. The third-order valence-corrected chi connectivity index (χ3v) is 2.39. The van der Waals surface area contributed by atoms with E-state index < -0.39 is 0 Å². The van der Waals surface area contributed by atoms with Gasteiger partial charge in [0.2, 0.25) is 0 Å². The van der Waals surface area contributed by atoms with Crippen molar-refractivity contribution in [2.75, 3.05) is 18.5 Å². The van der Waals surface area contributed by atoms with Crippen LogP contribution >= 0.6 is 0 Å². The van der Waals surface area contributed by atoms with E-state index in [-0.39, 0.29) is 0 Å². The molecule has 14 heavy (non-hydrogen) atoms. The fraction of sp³-hybridized carbons (Fsp3) is 0.600. The van der Waals surface area contributed by atoms with Crippen molar-refractivity contribution >= 4 is 5.82 Å². The van der Waals surface area contributed by atoms with Crippen LogP contribution in [0.25, 0.3) is 0 Å². The second kappa shape index (κ2) is 4.91. The van der Waals surface area contributed by atoms with E-state index in [1.54, 1.807) is 6.20 Å². The predicted molar refractivity (Wildman–Crippen MR) is 58.3 cm³/mol. The van der Waals surface area contributed by atoms with E-state index in [2.05, 4.69) is 22.0 Å². The first-order valence-corrected chi connectivity index (χ1v) is 4.87. The zero-order valence-electron chi connectivity index (χ0n) is 9.07. The molecule has 78 valence electrons. The van der Waals surface area contributed by atoms with Gasteiger partial charge < -0.3 is 10.6 Å². The summed E-state index contributed by atoms with van der Waals surface area (Å²) in [6.45, 7) is 4.85. The highest BCUT2D eigenvalue weighted by Crippen LogP contribution is 2.13. The Labute approximate surface area is 85.1 Å². The van der Waals surface area contributed by atoms with Gasteiger partial charge in [-0.3, -0.25) is 0 Å². The maximum Gasteiger partial charge on any atom is 0.151 e. The zero-order chi connectivity index (χ0) is 10.6. The van der Waals surface area contributed by atoms with Crippen molar-refractivity contribution in [2.45, 2.75) is 26.3 Å². The van der Waals surface area contributed by atoms with E-state index >= 15 is 0 Å². The van der Waals surface area contributed by atoms with Crippen molar-refractivity contribution in [3.63, 3.8) is 0 Å². The first-order valence-electron chi connectivity index (χ1n) is 4.87. The lowest BCUT2D eigenvalue weighted by atomic mass is 10.2. The van der Waals surface area contributed by atoms with E-state index in [1.165, 1.54) is 0 Å². The number of rotatable bonds is 4. The van der Waals surface area contributed by atoms with Gasteiger partial charge in [-0.2, -0.15) is 5.10 Å². The maximum atomic E-state index is 5.51. The largest absolute Gasteiger partial charge is 0.355 e. The zero-order valence-corrected chi connectivity index (χ0v) is 9.07. The molecule has 0 saturated heterocycles. The molecule has 0 aliphatic carbocycles. The molecular formula is C10H18N4. The summed E-state index contributed by atoms with van der Waals surface area (Å²) < 4.78 is 0. The molecule has 1 aromatic heterocycles. The molecule has 1 heterocycles. The van der Waals surface area contributed by atoms with Crippen LogP contribution < -0.4 is 10.6 Å². The summed E-state index contributed by atoms with van der Waals surface area (Å²) >= 11 is 0. The fourth-order valence-corrected chi connectivity index (χ4v) is 1.28. The quantitative estimate of drug-likeness (QED) is 0.775. The standard InChI is InChI=1S/C10H18N4/c1-8-6-10(13-12-7-8)14(3)9(2)4-5-11/h6-7,9H,4-5,11H2,1-3H3. The molecule has 0 aliphatic rings. The highest BCUT2D eigenvalue weighted by atomic mass is 15.3. The Morgan fingerprint density at radius 2 is 2.29 bits per heavy atom. The summed E-state index contributed by atoms with van der Waals surface area (Å²) in [6.07, 6.45) is 2.72. The minimum Gasteiger partial charge on any atom is -0.355 e. The summed E-state index contributed by atoms with van der Waals surface area (Å²) in [5.41, 5.74) is 6.64. The summed E-state index contributed by atoms with van der Waals surface area (Å²) in [5, 5.41) is 8.00. The van der Waals surface area contributed by atoms with Gasteiger partial charge in [-0.05, 0) is 38.4 Å². The first kappa shape index (κ1) is 10.9. The number of nitrogens with zero attached hydrogens (tertiary/aromatic N) is 3. The van der Waals surface area contributed by atoms with Crippen molar-refractivity contribution < 1.29 is 0 Å². The van der Waals surface area contributed by atoms with Crippen LogP contribution in [0.4, 0.5) is 5.82 Å². The van der Waals surface area contributed by atoms with Gasteiger partial charge in [0.15, 0.2) is 5.82 Å². The average molecular weight is 194 g/mol. The van der Waals surface area contributed by atoms with Crippen molar-refractivity contribution in [3.05, 3.63) is 17.8 Å². The molecule has 1 unspecified atom stereocenters. The van der Waals surface area contributed by atoms with Gasteiger partial charge in [0.05, 0.1) is 6.20 Å². The molecular weight excluding hydrogens is 176 g/mol. The molecule has 1 rings (SSSR count). The Hall–Kier alpha value is -1.16. The Balaban J connectivity index is 2.73. The number of anilines is 1. The number of hydrogen-bond donors (Lipinski definition) is 1. The van der Waals surface area contributed by atoms with Crippen molar-refractivity contribution in [1.82, 2.24) is 10.2 Å². The molecule has 4 heteroatoms. The molecule has 0 fully saturated rings. The molecule has 0 spiro atoms. The third-order valence-electron chi connectivity index (χ3n) is 2.39. The summed E-state index contributed by atoms with van der Waals surface area (Å²) in [5.74, 6) is 0.908. The fourth-order valence-electron chi connectivity index (χ4n) is 1.28. The summed E-state index contributed by atoms with van der Waals surface area (Å²) in [6, 6.07) is 2.43. The number of aromatic nitrogens is 2. The van der Waals surface area contributed by atoms with Crippen LogP contribution in [-0.4, -0.2) is 29.8 Å². The Morgan fingerprint density at radius 1 is 1.57 bits per heavy atom. The lowest BCUT2D eigenvalue weighted by Gasteiger charge is -2.25. The van der Waals surface area contributed by atoms with Crippen LogP contribution in [0.1, 0.15) is 18.9 Å². The van der Waals surface area contributed by atoms with E-state index in [4.69, 9.17) is 5.73 Å². The molecule has 0 radical (unpaired) electrons. The molecule has 0 aliphatic heterocycles. The van der Waals surface area contributed by atoms with Gasteiger partial charge in [-0.1, -0.05) is 0 Å². The summed E-state index contributed by atoms with van der Waals surface area (Å²) in [7, 11) is 2.02. The van der Waals surface area contributed by atoms with E-state index in [0.29, 0.717) is 12.6 Å². The highest BCUT2D eigenvalue weighted by Gasteiger charge is 2.10. The van der Waals surface area contributed by atoms with Gasteiger partial charge in [0, 0.05) is 13.1 Å². The van der Waals surface area contributed by atoms with Gasteiger partial charge in [0.25, 0.3) is 0 Å². The van der Waals surface area contributed by atoms with Crippen molar-refractivity contribution in [2.24, 2.45) is 5.73 Å². The van der Waals surface area contributed by atoms with Crippen LogP contribution in [0, 0.1) is 6.92 Å². The second-order valence-corrected chi connectivity index (χ2v) is 3.63. The Bertz CT molecular complexity index is 287. The molecule has 0 bridgehead atoms. The third kappa shape index (κ3) is 2.67. The molecule has 0 aromatic carbocycles. The van der Waals surface area contributed by atoms with Crippen molar-refractivity contribution in [3.8, 4) is 0 Å². The van der Waals surface area contributed by atoms with Crippen LogP contribution in [0.5, 0.6) is 0 Å². The molecule has 1 aromatic rings. The average Bonchev–Trinajstić information content (AvgIpc) is 2.17. The molecule has 1 atom stereocenters. The van der Waals surface area contributed by atoms with Crippen LogP contribution in [-0.2, 0) is 0 Å². The predicted octanol–water partition coefficient (Wildman–Crippen LogP) is 0.959. The topological polar surface area (TPSA) is 55.0 Å². The molecule has 0 saturated carbocycles. The summed E-state index contributed by atoms with van der Waals surface area (Å²) in [4.78, 5) is 2.10. The number of nitrogens with two attached hydrogens (primary N) is 1. The van der Waals surface area contributed by atoms with Gasteiger partial charge in [-0.15, -0.1) is 5.10 Å². The minimum atomic E-state index is 0.399. The van der Waals surface area contributed by atoms with Gasteiger partial charge in [-0.25, -0.2) is 0 Å². The highest BCUT2D eigenvalue weighted by molar-refractivity contribution is 5.38. The van der Waals surface area contributed by atoms with Crippen LogP contribution in [0.15, 0.2) is 12.3 Å². The Morgan fingerprint density at radius 3 is 2.86 bits per heavy atom. The van der Waals surface area contributed by atoms with Gasteiger partial charge in [0.1, 0.15) is 0 Å². The monoisotopic (exact) mass is 194 g/mol. The van der Waals surface area contributed by atoms with Gasteiger partial charge >= 0.3 is 0 Å². The lowest BCUT2D eigenvalue weighted by molar-refractivity contribution is 0.626. The second-order valence-electron chi connectivity index (χ2n) is 3.63. The van der Waals surface area contributed by atoms with Crippen LogP contribution in [0.3, 0.4) is 0 Å². The van der Waals surface area contributed by atoms with E-state index in [9.17, 15) is 0 Å². The van der Waals surface area contributed by atoms with E-state index in [1.807, 2.05) is 20.0 Å². The normalized spacial score (nSPS) is 12.6. The smallest absolute Gasteiger partial charge is 0.151 e. The number of hydrogen-bond acceptors (Lipinski definition) is 4. The maximum absolute atomic E-state index is 5.51. The minimum absolute atomic E-state index is 0.399.